The number of ether oxygens (including phenoxy) is 1. The molecule has 2 aliphatic heterocycles. The highest BCUT2D eigenvalue weighted by Gasteiger charge is 2.35. The van der Waals surface area contributed by atoms with Crippen molar-refractivity contribution < 1.29 is 9.53 Å². The summed E-state index contributed by atoms with van der Waals surface area (Å²) in [7, 11) is 0. The predicted molar refractivity (Wildman–Crippen MR) is 87.1 cm³/mol. The van der Waals surface area contributed by atoms with E-state index >= 15 is 0 Å². The molecule has 2 fully saturated rings. The van der Waals surface area contributed by atoms with Crippen LogP contribution in [0.5, 0.6) is 0 Å². The van der Waals surface area contributed by atoms with Gasteiger partial charge in [0.05, 0.1) is 18.6 Å². The third-order valence-corrected chi connectivity index (χ3v) is 5.16. The lowest BCUT2D eigenvalue weighted by Crippen LogP contribution is -2.47. The molecule has 0 aromatic heterocycles. The maximum absolute atomic E-state index is 11.8. The van der Waals surface area contributed by atoms with Crippen molar-refractivity contribution in [1.82, 2.24) is 9.80 Å². The van der Waals surface area contributed by atoms with Crippen molar-refractivity contribution >= 4 is 6.29 Å². The summed E-state index contributed by atoms with van der Waals surface area (Å²) in [6.45, 7) is 8.07. The number of likely N-dealkylation sites (tertiary alicyclic amines) is 1. The first kappa shape index (κ1) is 15.7. The maximum Gasteiger partial charge on any atom is 0.130 e. The highest BCUT2D eigenvalue weighted by Crippen LogP contribution is 2.33. The van der Waals surface area contributed by atoms with Crippen molar-refractivity contribution in [3.8, 4) is 0 Å². The first-order valence-corrected chi connectivity index (χ1v) is 8.37. The molecule has 4 nitrogen and oxygen atoms in total. The van der Waals surface area contributed by atoms with Gasteiger partial charge in [0, 0.05) is 26.2 Å². The number of hydrogen-bond donors (Lipinski definition) is 0. The Labute approximate surface area is 133 Å². The minimum absolute atomic E-state index is 0.267. The Morgan fingerprint density at radius 3 is 2.14 bits per heavy atom. The van der Waals surface area contributed by atoms with Gasteiger partial charge in [0.2, 0.25) is 0 Å². The number of piperidine rings is 1. The lowest BCUT2D eigenvalue weighted by molar-refractivity contribution is -0.114. The standard InChI is InChI=1S/C18H26N2O2/c21-16-18(17-4-2-1-3-5-17)6-8-19(9-7-18)10-11-20-12-14-22-15-13-20/h1-5,16H,6-15H2. The topological polar surface area (TPSA) is 32.8 Å². The molecule has 0 aliphatic carbocycles. The van der Waals surface area contributed by atoms with E-state index in [4.69, 9.17) is 4.74 Å². The molecule has 2 saturated heterocycles. The summed E-state index contributed by atoms with van der Waals surface area (Å²) in [5, 5.41) is 0. The summed E-state index contributed by atoms with van der Waals surface area (Å²) in [6.07, 6.45) is 3.05. The third-order valence-electron chi connectivity index (χ3n) is 5.16. The van der Waals surface area contributed by atoms with Crippen molar-refractivity contribution in [1.29, 1.82) is 0 Å². The molecule has 120 valence electrons. The second kappa shape index (κ2) is 7.36. The van der Waals surface area contributed by atoms with E-state index in [1.165, 1.54) is 11.8 Å². The van der Waals surface area contributed by atoms with Gasteiger partial charge in [-0.3, -0.25) is 4.90 Å². The first-order valence-electron chi connectivity index (χ1n) is 8.37. The number of carbonyl (C=O) groups is 1. The molecule has 0 bridgehead atoms. The Morgan fingerprint density at radius 2 is 1.55 bits per heavy atom. The molecule has 0 atom stereocenters. The van der Waals surface area contributed by atoms with Crippen LogP contribution in [0.15, 0.2) is 30.3 Å². The smallest absolute Gasteiger partial charge is 0.130 e. The highest BCUT2D eigenvalue weighted by atomic mass is 16.5. The van der Waals surface area contributed by atoms with E-state index in [0.717, 1.165) is 65.3 Å². The SMILES string of the molecule is O=CC1(c2ccccc2)CCN(CCN2CCOCC2)CC1. The summed E-state index contributed by atoms with van der Waals surface area (Å²) >= 11 is 0. The molecule has 0 amide bonds. The van der Waals surface area contributed by atoms with Gasteiger partial charge in [0.1, 0.15) is 6.29 Å². The van der Waals surface area contributed by atoms with Crippen LogP contribution in [0.25, 0.3) is 0 Å². The van der Waals surface area contributed by atoms with Gasteiger partial charge in [-0.15, -0.1) is 0 Å². The molecule has 0 saturated carbocycles. The molecule has 2 heterocycles. The fraction of sp³-hybridized carbons (Fsp3) is 0.611. The van der Waals surface area contributed by atoms with Gasteiger partial charge in [-0.1, -0.05) is 30.3 Å². The lowest BCUT2D eigenvalue weighted by atomic mass is 9.74. The van der Waals surface area contributed by atoms with E-state index in [2.05, 4.69) is 21.9 Å². The van der Waals surface area contributed by atoms with Crippen LogP contribution in [0.3, 0.4) is 0 Å². The quantitative estimate of drug-likeness (QED) is 0.773. The summed E-state index contributed by atoms with van der Waals surface area (Å²) in [4.78, 5) is 16.7. The number of aldehydes is 1. The monoisotopic (exact) mass is 302 g/mol. The molecule has 1 aromatic rings. The second-order valence-electron chi connectivity index (χ2n) is 6.44. The largest absolute Gasteiger partial charge is 0.379 e. The number of hydrogen-bond acceptors (Lipinski definition) is 4. The molecule has 2 aliphatic rings. The number of rotatable bonds is 5. The summed E-state index contributed by atoms with van der Waals surface area (Å²) in [5.74, 6) is 0. The van der Waals surface area contributed by atoms with Crippen LogP contribution < -0.4 is 0 Å². The van der Waals surface area contributed by atoms with Crippen LogP contribution in [0.2, 0.25) is 0 Å². The van der Waals surface area contributed by atoms with Crippen LogP contribution in [0, 0.1) is 0 Å². The van der Waals surface area contributed by atoms with Crippen LogP contribution in [0.4, 0.5) is 0 Å². The Balaban J connectivity index is 1.51. The molecule has 4 heteroatoms. The van der Waals surface area contributed by atoms with Crippen molar-refractivity contribution in [3.63, 3.8) is 0 Å². The van der Waals surface area contributed by atoms with Crippen molar-refractivity contribution in [2.75, 3.05) is 52.5 Å². The third kappa shape index (κ3) is 3.57. The fourth-order valence-electron chi connectivity index (χ4n) is 3.53. The maximum atomic E-state index is 11.8. The highest BCUT2D eigenvalue weighted by molar-refractivity contribution is 5.68. The Kier molecular flexibility index (Phi) is 5.24. The van der Waals surface area contributed by atoms with E-state index in [-0.39, 0.29) is 5.41 Å². The minimum atomic E-state index is -0.267. The number of carbonyl (C=O) groups excluding carboxylic acids is 1. The van der Waals surface area contributed by atoms with Gasteiger partial charge in [-0.25, -0.2) is 0 Å². The Morgan fingerprint density at radius 1 is 0.955 bits per heavy atom. The molecular weight excluding hydrogens is 276 g/mol. The van der Waals surface area contributed by atoms with Crippen LogP contribution in [-0.4, -0.2) is 68.6 Å². The molecule has 3 rings (SSSR count). The van der Waals surface area contributed by atoms with E-state index in [1.807, 2.05) is 18.2 Å². The Hall–Kier alpha value is -1.23. The average Bonchev–Trinajstić information content (AvgIpc) is 2.62. The molecule has 22 heavy (non-hydrogen) atoms. The normalized spacial score (nSPS) is 23.3. The second-order valence-corrected chi connectivity index (χ2v) is 6.44. The number of nitrogens with zero attached hydrogens (tertiary/aromatic N) is 2. The molecule has 0 spiro atoms. The summed E-state index contributed by atoms with van der Waals surface area (Å²) in [6, 6.07) is 10.3. The molecular formula is C18H26N2O2. The first-order chi connectivity index (χ1) is 10.8. The number of benzene rings is 1. The van der Waals surface area contributed by atoms with Crippen LogP contribution in [0.1, 0.15) is 18.4 Å². The molecule has 0 N–H and O–H groups in total. The van der Waals surface area contributed by atoms with Gasteiger partial charge in [0.15, 0.2) is 0 Å². The predicted octanol–water partition coefficient (Wildman–Crippen LogP) is 1.55. The molecule has 0 unspecified atom stereocenters. The van der Waals surface area contributed by atoms with E-state index in [9.17, 15) is 4.79 Å². The number of morpholine rings is 1. The fourth-order valence-corrected chi connectivity index (χ4v) is 3.53. The van der Waals surface area contributed by atoms with Gasteiger partial charge in [0.25, 0.3) is 0 Å². The van der Waals surface area contributed by atoms with Gasteiger partial charge in [-0.05, 0) is 31.5 Å². The van der Waals surface area contributed by atoms with Gasteiger partial charge < -0.3 is 14.4 Å². The van der Waals surface area contributed by atoms with Crippen molar-refractivity contribution in [2.24, 2.45) is 0 Å². The zero-order valence-corrected chi connectivity index (χ0v) is 13.2. The average molecular weight is 302 g/mol. The van der Waals surface area contributed by atoms with E-state index in [0.29, 0.717) is 0 Å². The molecule has 1 aromatic carbocycles. The van der Waals surface area contributed by atoms with Gasteiger partial charge in [-0.2, -0.15) is 0 Å². The van der Waals surface area contributed by atoms with E-state index in [1.54, 1.807) is 0 Å². The summed E-state index contributed by atoms with van der Waals surface area (Å²) < 4.78 is 5.39. The zero-order valence-electron chi connectivity index (χ0n) is 13.2. The molecule has 0 radical (unpaired) electrons. The van der Waals surface area contributed by atoms with Crippen LogP contribution >= 0.6 is 0 Å². The van der Waals surface area contributed by atoms with Gasteiger partial charge >= 0.3 is 0 Å². The van der Waals surface area contributed by atoms with E-state index < -0.39 is 0 Å². The van der Waals surface area contributed by atoms with Crippen molar-refractivity contribution in [2.45, 2.75) is 18.3 Å². The zero-order chi connectivity index (χ0) is 15.3. The Bertz CT molecular complexity index is 463. The lowest BCUT2D eigenvalue weighted by Gasteiger charge is -2.39. The van der Waals surface area contributed by atoms with Crippen molar-refractivity contribution in [3.05, 3.63) is 35.9 Å². The summed E-state index contributed by atoms with van der Waals surface area (Å²) in [5.41, 5.74) is 0.911. The minimum Gasteiger partial charge on any atom is -0.379 e. The van der Waals surface area contributed by atoms with Crippen LogP contribution in [-0.2, 0) is 14.9 Å².